The highest BCUT2D eigenvalue weighted by Gasteiger charge is 2.15. The number of ether oxygens (including phenoxy) is 2. The molecule has 2 aromatic rings. The van der Waals surface area contributed by atoms with Crippen LogP contribution in [0.3, 0.4) is 0 Å². The van der Waals surface area contributed by atoms with E-state index < -0.39 is 11.9 Å². The van der Waals surface area contributed by atoms with E-state index in [0.29, 0.717) is 10.2 Å². The number of benzene rings is 2. The van der Waals surface area contributed by atoms with Gasteiger partial charge in [0.25, 0.3) is 0 Å². The van der Waals surface area contributed by atoms with E-state index in [9.17, 15) is 25.2 Å². The molecule has 0 heterocycles. The lowest BCUT2D eigenvalue weighted by Gasteiger charge is -2.24. The number of methoxy groups -OCH3 is 2. The highest BCUT2D eigenvalue weighted by Crippen LogP contribution is 2.34. The normalized spacial score (nSPS) is 10.3. The Morgan fingerprint density at radius 3 is 2.00 bits per heavy atom. The van der Waals surface area contributed by atoms with Crippen molar-refractivity contribution in [3.8, 4) is 17.9 Å². The summed E-state index contributed by atoms with van der Waals surface area (Å²) in [5.74, 6) is -1.04. The predicted octanol–water partition coefficient (Wildman–Crippen LogP) is 4.25. The molecule has 0 spiro atoms. The summed E-state index contributed by atoms with van der Waals surface area (Å²) in [5.41, 5.74) is 1.04. The van der Waals surface area contributed by atoms with Crippen LogP contribution in [0.15, 0.2) is 45.0 Å². The molecule has 11 heteroatoms. The zero-order chi connectivity index (χ0) is 24.4. The number of rotatable bonds is 9. The molecule has 2 aromatic carbocycles. The maximum Gasteiger partial charge on any atom is 0.307 e. The van der Waals surface area contributed by atoms with Crippen LogP contribution in [0.1, 0.15) is 24.0 Å². The van der Waals surface area contributed by atoms with Gasteiger partial charge in [-0.25, -0.2) is 0 Å². The Bertz CT molecular complexity index is 1100. The van der Waals surface area contributed by atoms with Crippen LogP contribution in [-0.4, -0.2) is 44.4 Å². The third-order valence-corrected chi connectivity index (χ3v) is 4.98. The number of anilines is 1. The van der Waals surface area contributed by atoms with Crippen molar-refractivity contribution in [3.63, 3.8) is 0 Å². The van der Waals surface area contributed by atoms with Crippen LogP contribution in [0.4, 0.5) is 17.1 Å². The zero-order valence-corrected chi connectivity index (χ0v) is 19.5. The molecule has 0 saturated heterocycles. The van der Waals surface area contributed by atoms with Gasteiger partial charge in [0, 0.05) is 29.3 Å². The number of hydrogen-bond acceptors (Lipinski definition) is 10. The number of carbonyl (C=O) groups is 2. The quantitative estimate of drug-likeness (QED) is 0.386. The number of nitriles is 2. The highest BCUT2D eigenvalue weighted by atomic mass is 79.9. The molecule has 0 fully saturated rings. The standard InChI is InChI=1S/C22H20BrN5O5/c1-32-20(30)5-7-28(8-6-21(31)33-2)17-3-4-18(19(29)11-17)26-27-22-14(12-24)9-16(23)10-15(22)13-25/h3-4,9-11,29H,5-8H2,1-2H3. The Hall–Kier alpha value is -3.96. The molecule has 0 aromatic heterocycles. The molecule has 10 nitrogen and oxygen atoms in total. The van der Waals surface area contributed by atoms with Crippen molar-refractivity contribution in [3.05, 3.63) is 45.9 Å². The second-order valence-electron chi connectivity index (χ2n) is 6.59. The lowest BCUT2D eigenvalue weighted by Crippen LogP contribution is -2.29. The minimum atomic E-state index is -0.413. The highest BCUT2D eigenvalue weighted by molar-refractivity contribution is 9.10. The minimum absolute atomic E-state index is 0.0807. The summed E-state index contributed by atoms with van der Waals surface area (Å²) >= 11 is 3.23. The van der Waals surface area contributed by atoms with Crippen LogP contribution < -0.4 is 4.90 Å². The summed E-state index contributed by atoms with van der Waals surface area (Å²) in [6.07, 6.45) is 0.161. The molecule has 0 aliphatic carbocycles. The van der Waals surface area contributed by atoms with Crippen molar-refractivity contribution in [2.75, 3.05) is 32.2 Å². The average Bonchev–Trinajstić information content (AvgIpc) is 2.82. The van der Waals surface area contributed by atoms with Gasteiger partial charge in [-0.2, -0.15) is 10.5 Å². The van der Waals surface area contributed by atoms with Gasteiger partial charge in [0.1, 0.15) is 29.3 Å². The van der Waals surface area contributed by atoms with Gasteiger partial charge in [0.15, 0.2) is 0 Å². The number of aromatic hydroxyl groups is 1. The van der Waals surface area contributed by atoms with Crippen LogP contribution in [0.25, 0.3) is 0 Å². The largest absolute Gasteiger partial charge is 0.506 e. The summed E-state index contributed by atoms with van der Waals surface area (Å²) in [6, 6.07) is 11.5. The molecule has 1 N–H and O–H groups in total. The van der Waals surface area contributed by atoms with E-state index in [1.165, 1.54) is 38.5 Å². The Balaban J connectivity index is 2.31. The van der Waals surface area contributed by atoms with Crippen LogP contribution in [0, 0.1) is 22.7 Å². The number of phenolic OH excluding ortho intramolecular Hbond substituents is 1. The monoisotopic (exact) mass is 513 g/mol. The molecular weight excluding hydrogens is 494 g/mol. The Labute approximate surface area is 198 Å². The summed E-state index contributed by atoms with van der Waals surface area (Å²) in [6.45, 7) is 0.500. The maximum absolute atomic E-state index is 11.5. The third-order valence-electron chi connectivity index (χ3n) is 4.52. The molecule has 0 atom stereocenters. The van der Waals surface area contributed by atoms with Gasteiger partial charge in [-0.15, -0.1) is 10.2 Å². The molecule has 170 valence electrons. The van der Waals surface area contributed by atoms with Crippen molar-refractivity contribution >= 4 is 44.9 Å². The molecule has 0 saturated carbocycles. The molecule has 0 bridgehead atoms. The van der Waals surface area contributed by atoms with Crippen LogP contribution in [-0.2, 0) is 19.1 Å². The van der Waals surface area contributed by atoms with Gasteiger partial charge in [-0.05, 0) is 24.3 Å². The Kier molecular flexibility index (Phi) is 9.33. The fourth-order valence-corrected chi connectivity index (χ4v) is 3.26. The fourth-order valence-electron chi connectivity index (χ4n) is 2.80. The molecule has 0 aliphatic rings. The van der Waals surface area contributed by atoms with Crippen LogP contribution in [0.2, 0.25) is 0 Å². The van der Waals surface area contributed by atoms with E-state index in [2.05, 4.69) is 35.6 Å². The zero-order valence-electron chi connectivity index (χ0n) is 17.9. The molecule has 0 radical (unpaired) electrons. The van der Waals surface area contributed by atoms with E-state index in [-0.39, 0.29) is 54.2 Å². The van der Waals surface area contributed by atoms with Crippen molar-refractivity contribution in [2.24, 2.45) is 10.2 Å². The van der Waals surface area contributed by atoms with E-state index in [1.54, 1.807) is 11.0 Å². The average molecular weight is 514 g/mol. The first kappa shape index (κ1) is 25.3. The number of nitrogens with zero attached hydrogens (tertiary/aromatic N) is 5. The van der Waals surface area contributed by atoms with Crippen molar-refractivity contribution in [1.29, 1.82) is 10.5 Å². The predicted molar refractivity (Wildman–Crippen MR) is 121 cm³/mol. The molecule has 0 unspecified atom stereocenters. The van der Waals surface area contributed by atoms with E-state index in [0.717, 1.165) is 0 Å². The van der Waals surface area contributed by atoms with Crippen LogP contribution in [0.5, 0.6) is 5.75 Å². The second-order valence-corrected chi connectivity index (χ2v) is 7.50. The number of azo groups is 1. The smallest absolute Gasteiger partial charge is 0.307 e. The van der Waals surface area contributed by atoms with Gasteiger partial charge >= 0.3 is 11.9 Å². The number of esters is 2. The van der Waals surface area contributed by atoms with Gasteiger partial charge in [0.2, 0.25) is 0 Å². The first-order valence-electron chi connectivity index (χ1n) is 9.60. The summed E-state index contributed by atoms with van der Waals surface area (Å²) in [5, 5.41) is 37.1. The van der Waals surface area contributed by atoms with Crippen molar-refractivity contribution in [2.45, 2.75) is 12.8 Å². The molecular formula is C22H20BrN5O5. The first-order chi connectivity index (χ1) is 15.8. The molecule has 2 rings (SSSR count). The topological polar surface area (TPSA) is 148 Å². The second kappa shape index (κ2) is 12.2. The van der Waals surface area contributed by atoms with E-state index in [4.69, 9.17) is 0 Å². The Morgan fingerprint density at radius 2 is 1.55 bits per heavy atom. The Morgan fingerprint density at radius 1 is 1.00 bits per heavy atom. The number of halogens is 1. The summed E-state index contributed by atoms with van der Waals surface area (Å²) < 4.78 is 9.88. The summed E-state index contributed by atoms with van der Waals surface area (Å²) in [4.78, 5) is 24.8. The fraction of sp³-hybridized carbons (Fsp3) is 0.273. The van der Waals surface area contributed by atoms with Crippen molar-refractivity contribution in [1.82, 2.24) is 0 Å². The lowest BCUT2D eigenvalue weighted by molar-refractivity contribution is -0.140. The van der Waals surface area contributed by atoms with Gasteiger partial charge in [0.05, 0.1) is 38.2 Å². The van der Waals surface area contributed by atoms with Gasteiger partial charge in [-0.3, -0.25) is 9.59 Å². The van der Waals surface area contributed by atoms with E-state index >= 15 is 0 Å². The number of phenols is 1. The molecule has 0 amide bonds. The number of hydrogen-bond donors (Lipinski definition) is 1. The SMILES string of the molecule is COC(=O)CCN(CCC(=O)OC)c1ccc(N=Nc2c(C#N)cc(Br)cc2C#N)c(O)c1. The van der Waals surface area contributed by atoms with Gasteiger partial charge in [-0.1, -0.05) is 15.9 Å². The maximum atomic E-state index is 11.5. The number of carbonyl (C=O) groups excluding carboxylic acids is 2. The lowest BCUT2D eigenvalue weighted by atomic mass is 10.1. The minimum Gasteiger partial charge on any atom is -0.506 e. The summed E-state index contributed by atoms with van der Waals surface area (Å²) in [7, 11) is 2.57. The van der Waals surface area contributed by atoms with Crippen molar-refractivity contribution < 1.29 is 24.2 Å². The molecule has 0 aliphatic heterocycles. The third kappa shape index (κ3) is 7.02. The first-order valence-corrected chi connectivity index (χ1v) is 10.4. The van der Waals surface area contributed by atoms with E-state index in [1.807, 2.05) is 12.1 Å². The van der Waals surface area contributed by atoms with Gasteiger partial charge < -0.3 is 19.5 Å². The van der Waals surface area contributed by atoms with Crippen LogP contribution >= 0.6 is 15.9 Å². The molecule has 33 heavy (non-hydrogen) atoms.